The summed E-state index contributed by atoms with van der Waals surface area (Å²) < 4.78 is 0.656. The minimum absolute atomic E-state index is 0.00437. The number of aromatic hydroxyl groups is 1. The molecule has 0 saturated carbocycles. The van der Waals surface area contributed by atoms with Crippen molar-refractivity contribution < 1.29 is 9.90 Å². The molecule has 0 radical (unpaired) electrons. The summed E-state index contributed by atoms with van der Waals surface area (Å²) in [5.74, 6) is -0.292. The molecular weight excluding hydrogens is 403 g/mol. The van der Waals surface area contributed by atoms with Crippen molar-refractivity contribution in [2.75, 3.05) is 5.32 Å². The van der Waals surface area contributed by atoms with E-state index in [4.69, 9.17) is 0 Å². The van der Waals surface area contributed by atoms with E-state index in [9.17, 15) is 15.2 Å². The van der Waals surface area contributed by atoms with Crippen molar-refractivity contribution in [1.29, 1.82) is 5.26 Å². The Labute approximate surface area is 148 Å². The summed E-state index contributed by atoms with van der Waals surface area (Å²) in [5.41, 5.74) is 3.54. The third-order valence-electron chi connectivity index (χ3n) is 3.41. The van der Waals surface area contributed by atoms with Gasteiger partial charge in [0, 0.05) is 5.69 Å². The monoisotopic (exact) mass is 418 g/mol. The molecule has 0 unspecified atom stereocenters. The number of nitrogens with zero attached hydrogens (tertiary/aromatic N) is 1. The van der Waals surface area contributed by atoms with Gasteiger partial charge in [0.25, 0.3) is 5.91 Å². The average molecular weight is 418 g/mol. The lowest BCUT2D eigenvalue weighted by molar-refractivity contribution is -0.112. The van der Waals surface area contributed by atoms with Gasteiger partial charge in [-0.3, -0.25) is 4.79 Å². The van der Waals surface area contributed by atoms with Crippen molar-refractivity contribution >= 4 is 40.3 Å². The van der Waals surface area contributed by atoms with Crippen LogP contribution in [0.4, 0.5) is 5.69 Å². The van der Waals surface area contributed by atoms with E-state index in [0.717, 1.165) is 11.1 Å². The van der Waals surface area contributed by atoms with Crippen molar-refractivity contribution in [2.45, 2.75) is 13.8 Å². The minimum Gasteiger partial charge on any atom is -0.507 e. The molecule has 0 saturated heterocycles. The SMILES string of the molecule is Cc1ccc(NC(=O)/C(C#N)=C/c2ccc(O)c(I)c2)cc1C. The molecule has 0 aliphatic carbocycles. The summed E-state index contributed by atoms with van der Waals surface area (Å²) >= 11 is 1.99. The molecule has 1 amide bonds. The van der Waals surface area contributed by atoms with Crippen LogP contribution in [0.25, 0.3) is 6.08 Å². The number of carbonyl (C=O) groups excluding carboxylic acids is 1. The molecule has 2 aromatic carbocycles. The maximum absolute atomic E-state index is 12.2. The van der Waals surface area contributed by atoms with E-state index < -0.39 is 5.91 Å². The lowest BCUT2D eigenvalue weighted by atomic mass is 10.1. The van der Waals surface area contributed by atoms with E-state index in [-0.39, 0.29) is 11.3 Å². The number of anilines is 1. The third kappa shape index (κ3) is 4.33. The zero-order chi connectivity index (χ0) is 17.0. The van der Waals surface area contributed by atoms with Crippen LogP contribution in [0.5, 0.6) is 5.75 Å². The second kappa shape index (κ2) is 7.29. The number of aryl methyl sites for hydroxylation is 2. The molecule has 5 heteroatoms. The van der Waals surface area contributed by atoms with Crippen LogP contribution in [0.3, 0.4) is 0 Å². The van der Waals surface area contributed by atoms with Crippen LogP contribution in [0.1, 0.15) is 16.7 Å². The standard InChI is InChI=1S/C18H15IN2O2/c1-11-3-5-15(7-12(11)2)21-18(23)14(10-20)8-13-4-6-17(22)16(19)9-13/h3-9,22H,1-2H3,(H,21,23)/b14-8+. The fourth-order valence-electron chi connectivity index (χ4n) is 1.95. The topological polar surface area (TPSA) is 73.1 Å². The van der Waals surface area contributed by atoms with Crippen LogP contribution in [-0.2, 0) is 4.79 Å². The van der Waals surface area contributed by atoms with Crippen molar-refractivity contribution in [2.24, 2.45) is 0 Å². The quantitative estimate of drug-likeness (QED) is 0.447. The Bertz CT molecular complexity index is 835. The number of benzene rings is 2. The molecule has 116 valence electrons. The Hall–Kier alpha value is -2.33. The molecule has 2 rings (SSSR count). The molecule has 0 aliphatic heterocycles. The highest BCUT2D eigenvalue weighted by Gasteiger charge is 2.10. The van der Waals surface area contributed by atoms with Gasteiger partial charge in [-0.15, -0.1) is 0 Å². The first-order chi connectivity index (χ1) is 10.9. The number of rotatable bonds is 3. The molecule has 0 heterocycles. The summed E-state index contributed by atoms with van der Waals surface area (Å²) in [6.45, 7) is 3.96. The minimum atomic E-state index is -0.459. The first-order valence-electron chi connectivity index (χ1n) is 6.89. The highest BCUT2D eigenvalue weighted by atomic mass is 127. The lowest BCUT2D eigenvalue weighted by Gasteiger charge is -2.07. The van der Waals surface area contributed by atoms with Crippen molar-refractivity contribution in [3.63, 3.8) is 0 Å². The van der Waals surface area contributed by atoms with Crippen molar-refractivity contribution in [1.82, 2.24) is 0 Å². The smallest absolute Gasteiger partial charge is 0.266 e. The van der Waals surface area contributed by atoms with Crippen LogP contribution >= 0.6 is 22.6 Å². The van der Waals surface area contributed by atoms with Gasteiger partial charge in [-0.05, 0) is 83.5 Å². The largest absolute Gasteiger partial charge is 0.507 e. The highest BCUT2D eigenvalue weighted by Crippen LogP contribution is 2.22. The predicted molar refractivity (Wildman–Crippen MR) is 99.0 cm³/mol. The van der Waals surface area contributed by atoms with E-state index in [1.54, 1.807) is 18.2 Å². The number of amides is 1. The maximum atomic E-state index is 12.2. The van der Waals surface area contributed by atoms with E-state index in [1.807, 2.05) is 54.6 Å². The molecule has 23 heavy (non-hydrogen) atoms. The molecule has 0 spiro atoms. The molecule has 0 aliphatic rings. The summed E-state index contributed by atoms with van der Waals surface area (Å²) in [7, 11) is 0. The molecule has 4 nitrogen and oxygen atoms in total. The van der Waals surface area contributed by atoms with Gasteiger partial charge in [-0.25, -0.2) is 0 Å². The number of nitriles is 1. The summed E-state index contributed by atoms with van der Waals surface area (Å²) in [5, 5.41) is 21.5. The second-order valence-electron chi connectivity index (χ2n) is 5.13. The molecule has 0 fully saturated rings. The van der Waals surface area contributed by atoms with Crippen LogP contribution < -0.4 is 5.32 Å². The van der Waals surface area contributed by atoms with Gasteiger partial charge in [-0.1, -0.05) is 12.1 Å². The van der Waals surface area contributed by atoms with Gasteiger partial charge in [0.15, 0.2) is 0 Å². The van der Waals surface area contributed by atoms with Crippen LogP contribution in [0, 0.1) is 28.7 Å². The Morgan fingerprint density at radius 2 is 1.96 bits per heavy atom. The number of phenols is 1. The molecule has 2 aromatic rings. The van der Waals surface area contributed by atoms with Gasteiger partial charge in [0.1, 0.15) is 17.4 Å². The van der Waals surface area contributed by atoms with Gasteiger partial charge >= 0.3 is 0 Å². The summed E-state index contributed by atoms with van der Waals surface area (Å²) in [6.07, 6.45) is 1.50. The fourth-order valence-corrected chi connectivity index (χ4v) is 2.49. The average Bonchev–Trinajstić information content (AvgIpc) is 2.52. The maximum Gasteiger partial charge on any atom is 0.266 e. The molecule has 0 atom stereocenters. The molecular formula is C18H15IN2O2. The first-order valence-corrected chi connectivity index (χ1v) is 7.97. The first kappa shape index (κ1) is 17.0. The molecule has 0 bridgehead atoms. The number of hydrogen-bond acceptors (Lipinski definition) is 3. The predicted octanol–water partition coefficient (Wildman–Crippen LogP) is 4.16. The van der Waals surface area contributed by atoms with E-state index in [1.165, 1.54) is 12.1 Å². The van der Waals surface area contributed by atoms with Crippen LogP contribution in [0.15, 0.2) is 42.0 Å². The van der Waals surface area contributed by atoms with E-state index in [0.29, 0.717) is 14.8 Å². The van der Waals surface area contributed by atoms with Gasteiger partial charge < -0.3 is 10.4 Å². The number of carbonyl (C=O) groups is 1. The second-order valence-corrected chi connectivity index (χ2v) is 6.30. The van der Waals surface area contributed by atoms with Crippen LogP contribution in [-0.4, -0.2) is 11.0 Å². The zero-order valence-corrected chi connectivity index (χ0v) is 14.9. The number of hydrogen-bond donors (Lipinski definition) is 2. The van der Waals surface area contributed by atoms with Gasteiger partial charge in [0.2, 0.25) is 0 Å². The Balaban J connectivity index is 2.24. The normalized spacial score (nSPS) is 11.0. The van der Waals surface area contributed by atoms with E-state index >= 15 is 0 Å². The Morgan fingerprint density at radius 1 is 1.22 bits per heavy atom. The summed E-state index contributed by atoms with van der Waals surface area (Å²) in [6, 6.07) is 12.4. The van der Waals surface area contributed by atoms with E-state index in [2.05, 4.69) is 5.32 Å². The fraction of sp³-hybridized carbons (Fsp3) is 0.111. The Morgan fingerprint density at radius 3 is 2.57 bits per heavy atom. The van der Waals surface area contributed by atoms with Gasteiger partial charge in [-0.2, -0.15) is 5.26 Å². The molecule has 0 aromatic heterocycles. The van der Waals surface area contributed by atoms with Crippen molar-refractivity contribution in [3.8, 4) is 11.8 Å². The third-order valence-corrected chi connectivity index (χ3v) is 4.28. The number of halogens is 1. The van der Waals surface area contributed by atoms with Crippen molar-refractivity contribution in [3.05, 3.63) is 62.2 Å². The van der Waals surface area contributed by atoms with Crippen LogP contribution in [0.2, 0.25) is 0 Å². The molecule has 2 N–H and O–H groups in total. The number of nitrogens with one attached hydrogen (secondary N) is 1. The number of phenolic OH excluding ortho intramolecular Hbond substituents is 1. The Kier molecular flexibility index (Phi) is 5.40. The summed E-state index contributed by atoms with van der Waals surface area (Å²) in [4.78, 5) is 12.2. The van der Waals surface area contributed by atoms with Gasteiger partial charge in [0.05, 0.1) is 3.57 Å². The zero-order valence-electron chi connectivity index (χ0n) is 12.7. The highest BCUT2D eigenvalue weighted by molar-refractivity contribution is 14.1. The lowest BCUT2D eigenvalue weighted by Crippen LogP contribution is -2.13.